The Morgan fingerprint density at radius 1 is 1.41 bits per heavy atom. The monoisotopic (exact) mass is 253 g/mol. The van der Waals surface area contributed by atoms with E-state index in [2.05, 4.69) is 0 Å². The van der Waals surface area contributed by atoms with Gasteiger partial charge in [-0.05, 0) is 24.6 Å². The molecule has 1 aromatic carbocycles. The molecule has 0 saturated carbocycles. The number of nitrogens with zero attached hydrogens (tertiary/aromatic N) is 1. The number of carboxylic acid groups (broad SMARTS) is 1. The van der Waals surface area contributed by atoms with Crippen molar-refractivity contribution >= 4 is 15.8 Å². The number of hydrogen-bond donors (Lipinski definition) is 1. The number of carboxylic acids is 1. The lowest BCUT2D eigenvalue weighted by molar-refractivity contribution is 0.0696. The number of hydrogen-bond acceptors (Lipinski definition) is 4. The highest BCUT2D eigenvalue weighted by Gasteiger charge is 2.15. The molecule has 0 amide bonds. The van der Waals surface area contributed by atoms with E-state index in [1.165, 1.54) is 18.2 Å². The molecule has 5 nitrogen and oxygen atoms in total. The summed E-state index contributed by atoms with van der Waals surface area (Å²) in [4.78, 5) is 10.7. The van der Waals surface area contributed by atoms with E-state index in [4.69, 9.17) is 10.4 Å². The number of carbonyl (C=O) groups is 1. The summed E-state index contributed by atoms with van der Waals surface area (Å²) in [6.07, 6.45) is 0.411. The van der Waals surface area contributed by atoms with Crippen LogP contribution in [-0.2, 0) is 9.84 Å². The summed E-state index contributed by atoms with van der Waals surface area (Å²) in [6, 6.07) is 7.07. The Labute approximate surface area is 99.2 Å². The van der Waals surface area contributed by atoms with Crippen LogP contribution in [0.5, 0.6) is 0 Å². The number of aromatic carboxylic acids is 1. The van der Waals surface area contributed by atoms with Gasteiger partial charge in [-0.3, -0.25) is 0 Å². The molecule has 0 aliphatic carbocycles. The Balaban J connectivity index is 2.96. The molecule has 0 bridgehead atoms. The van der Waals surface area contributed by atoms with Gasteiger partial charge in [0, 0.05) is 6.42 Å². The molecule has 90 valence electrons. The minimum Gasteiger partial charge on any atom is -0.478 e. The molecular weight excluding hydrogens is 242 g/mol. The van der Waals surface area contributed by atoms with Crippen molar-refractivity contribution in [2.45, 2.75) is 17.7 Å². The van der Waals surface area contributed by atoms with E-state index in [1.807, 2.05) is 6.07 Å². The van der Waals surface area contributed by atoms with E-state index in [0.717, 1.165) is 6.07 Å². The molecule has 0 unspecified atom stereocenters. The Hall–Kier alpha value is -1.87. The van der Waals surface area contributed by atoms with Crippen LogP contribution in [0.4, 0.5) is 0 Å². The Bertz CT molecular complexity index is 557. The maximum Gasteiger partial charge on any atom is 0.335 e. The molecule has 0 fully saturated rings. The summed E-state index contributed by atoms with van der Waals surface area (Å²) >= 11 is 0. The van der Waals surface area contributed by atoms with E-state index >= 15 is 0 Å². The van der Waals surface area contributed by atoms with E-state index in [9.17, 15) is 13.2 Å². The molecule has 1 rings (SSSR count). The third-order valence-corrected chi connectivity index (χ3v) is 3.94. The zero-order valence-electron chi connectivity index (χ0n) is 8.96. The average Bonchev–Trinajstić information content (AvgIpc) is 2.29. The summed E-state index contributed by atoms with van der Waals surface area (Å²) in [5.41, 5.74) is -0.0636. The SMILES string of the molecule is N#CCCCS(=O)(=O)c1cccc(C(=O)O)c1. The molecule has 1 aromatic rings. The van der Waals surface area contributed by atoms with Crippen LogP contribution in [0.25, 0.3) is 0 Å². The fourth-order valence-corrected chi connectivity index (χ4v) is 2.63. The standard InChI is InChI=1S/C11H11NO4S/c12-6-1-2-7-17(15,16)10-5-3-4-9(8-10)11(13)14/h3-5,8H,1-2,7H2,(H,13,14). The number of rotatable bonds is 5. The summed E-state index contributed by atoms with van der Waals surface area (Å²) in [5.74, 6) is -1.32. The largest absolute Gasteiger partial charge is 0.478 e. The third kappa shape index (κ3) is 3.57. The summed E-state index contributed by atoms with van der Waals surface area (Å²) in [6.45, 7) is 0. The summed E-state index contributed by atoms with van der Waals surface area (Å²) < 4.78 is 23.6. The highest BCUT2D eigenvalue weighted by molar-refractivity contribution is 7.91. The zero-order valence-corrected chi connectivity index (χ0v) is 9.77. The van der Waals surface area contributed by atoms with E-state index in [0.29, 0.717) is 0 Å². The first-order valence-electron chi connectivity index (χ1n) is 4.90. The van der Waals surface area contributed by atoms with Crippen LogP contribution in [0.1, 0.15) is 23.2 Å². The van der Waals surface area contributed by atoms with E-state index in [1.54, 1.807) is 0 Å². The Morgan fingerprint density at radius 3 is 2.71 bits per heavy atom. The molecular formula is C11H11NO4S. The molecule has 0 saturated heterocycles. The molecule has 0 heterocycles. The van der Waals surface area contributed by atoms with Gasteiger partial charge in [-0.25, -0.2) is 13.2 Å². The van der Waals surface area contributed by atoms with Crippen molar-refractivity contribution in [3.8, 4) is 6.07 Å². The lowest BCUT2D eigenvalue weighted by Crippen LogP contribution is -2.08. The summed E-state index contributed by atoms with van der Waals surface area (Å²) in [5, 5.41) is 17.1. The number of nitriles is 1. The van der Waals surface area contributed by atoms with Crippen LogP contribution in [-0.4, -0.2) is 25.2 Å². The maximum atomic E-state index is 11.8. The van der Waals surface area contributed by atoms with Gasteiger partial charge in [0.15, 0.2) is 9.84 Å². The molecule has 0 aromatic heterocycles. The predicted octanol–water partition coefficient (Wildman–Crippen LogP) is 1.46. The van der Waals surface area contributed by atoms with Gasteiger partial charge in [0.1, 0.15) is 0 Å². The molecule has 17 heavy (non-hydrogen) atoms. The minimum atomic E-state index is -3.50. The van der Waals surface area contributed by atoms with Crippen LogP contribution < -0.4 is 0 Å². The second-order valence-electron chi connectivity index (χ2n) is 3.41. The Morgan fingerprint density at radius 2 is 2.12 bits per heavy atom. The molecule has 0 radical (unpaired) electrons. The van der Waals surface area contributed by atoms with Crippen LogP contribution in [0, 0.1) is 11.3 Å². The van der Waals surface area contributed by atoms with Gasteiger partial charge >= 0.3 is 5.97 Å². The molecule has 0 atom stereocenters. The predicted molar refractivity (Wildman–Crippen MR) is 60.3 cm³/mol. The first kappa shape index (κ1) is 13.2. The van der Waals surface area contributed by atoms with Crippen LogP contribution in [0.15, 0.2) is 29.2 Å². The van der Waals surface area contributed by atoms with Gasteiger partial charge in [-0.1, -0.05) is 6.07 Å². The zero-order chi connectivity index (χ0) is 12.9. The lowest BCUT2D eigenvalue weighted by atomic mass is 10.2. The molecule has 6 heteroatoms. The van der Waals surface area contributed by atoms with Gasteiger partial charge < -0.3 is 5.11 Å². The Kier molecular flexibility index (Phi) is 4.24. The van der Waals surface area contributed by atoms with Crippen molar-refractivity contribution in [1.82, 2.24) is 0 Å². The van der Waals surface area contributed by atoms with Gasteiger partial charge in [-0.15, -0.1) is 0 Å². The highest BCUT2D eigenvalue weighted by atomic mass is 32.2. The van der Waals surface area contributed by atoms with Gasteiger partial charge in [0.2, 0.25) is 0 Å². The maximum absolute atomic E-state index is 11.8. The van der Waals surface area contributed by atoms with Crippen molar-refractivity contribution in [3.63, 3.8) is 0 Å². The van der Waals surface area contributed by atoms with Gasteiger partial charge in [0.25, 0.3) is 0 Å². The summed E-state index contributed by atoms with van der Waals surface area (Å²) in [7, 11) is -3.50. The molecule has 0 aliphatic heterocycles. The quantitative estimate of drug-likeness (QED) is 0.801. The molecule has 0 spiro atoms. The second kappa shape index (κ2) is 5.46. The number of unbranched alkanes of at least 4 members (excludes halogenated alkanes) is 1. The smallest absolute Gasteiger partial charge is 0.335 e. The normalized spacial score (nSPS) is 10.8. The van der Waals surface area contributed by atoms with Crippen molar-refractivity contribution < 1.29 is 18.3 Å². The molecule has 1 N–H and O–H groups in total. The molecule has 0 aliphatic rings. The van der Waals surface area contributed by atoms with Crippen molar-refractivity contribution in [1.29, 1.82) is 5.26 Å². The topological polar surface area (TPSA) is 95.2 Å². The fraction of sp³-hybridized carbons (Fsp3) is 0.273. The van der Waals surface area contributed by atoms with Crippen molar-refractivity contribution in [2.24, 2.45) is 0 Å². The van der Waals surface area contributed by atoms with Crippen molar-refractivity contribution in [3.05, 3.63) is 29.8 Å². The van der Waals surface area contributed by atoms with Crippen LogP contribution >= 0.6 is 0 Å². The second-order valence-corrected chi connectivity index (χ2v) is 5.52. The fourth-order valence-electron chi connectivity index (χ4n) is 1.28. The third-order valence-electron chi connectivity index (χ3n) is 2.14. The van der Waals surface area contributed by atoms with Gasteiger partial charge in [-0.2, -0.15) is 5.26 Å². The number of sulfone groups is 1. The number of benzene rings is 1. The van der Waals surface area contributed by atoms with Crippen LogP contribution in [0.3, 0.4) is 0 Å². The first-order chi connectivity index (χ1) is 7.97. The first-order valence-corrected chi connectivity index (χ1v) is 6.55. The minimum absolute atomic E-state index is 0.0182. The van der Waals surface area contributed by atoms with Crippen LogP contribution in [0.2, 0.25) is 0 Å². The van der Waals surface area contributed by atoms with Crippen molar-refractivity contribution in [2.75, 3.05) is 5.75 Å². The average molecular weight is 253 g/mol. The lowest BCUT2D eigenvalue weighted by Gasteiger charge is -2.03. The highest BCUT2D eigenvalue weighted by Crippen LogP contribution is 2.14. The van der Waals surface area contributed by atoms with E-state index < -0.39 is 15.8 Å². The van der Waals surface area contributed by atoms with Gasteiger partial charge in [0.05, 0.1) is 22.3 Å². The van der Waals surface area contributed by atoms with E-state index in [-0.39, 0.29) is 29.1 Å².